The summed E-state index contributed by atoms with van der Waals surface area (Å²) in [7, 11) is 1.65. The molecule has 0 fully saturated rings. The lowest BCUT2D eigenvalue weighted by Gasteiger charge is -2.17. The van der Waals surface area contributed by atoms with E-state index < -0.39 is 0 Å². The molecule has 0 bridgehead atoms. The van der Waals surface area contributed by atoms with E-state index >= 15 is 0 Å². The summed E-state index contributed by atoms with van der Waals surface area (Å²) in [6.45, 7) is 3.53. The van der Waals surface area contributed by atoms with Crippen LogP contribution in [0.25, 0.3) is 0 Å². The second-order valence-corrected chi connectivity index (χ2v) is 7.95. The van der Waals surface area contributed by atoms with Gasteiger partial charge in [0.05, 0.1) is 11.6 Å². The minimum atomic E-state index is 0. The van der Waals surface area contributed by atoms with Gasteiger partial charge in [-0.25, -0.2) is 0 Å². The maximum atomic E-state index is 6.07. The second-order valence-electron chi connectivity index (χ2n) is 7.10. The predicted molar refractivity (Wildman–Crippen MR) is 127 cm³/mol. The molecular formula is C24H25BrClNO4. The molecule has 3 aromatic carbocycles. The van der Waals surface area contributed by atoms with Gasteiger partial charge in [0, 0.05) is 12.6 Å². The molecule has 5 nitrogen and oxygen atoms in total. The molecule has 0 saturated heterocycles. The average Bonchev–Trinajstić information content (AvgIpc) is 3.25. The first-order valence-corrected chi connectivity index (χ1v) is 10.6. The zero-order valence-electron chi connectivity index (χ0n) is 17.4. The summed E-state index contributed by atoms with van der Waals surface area (Å²) in [6, 6.07) is 20.5. The molecule has 0 saturated carbocycles. The molecule has 1 aliphatic rings. The molecule has 1 N–H and O–H groups in total. The highest BCUT2D eigenvalue weighted by Crippen LogP contribution is 2.38. The third kappa shape index (κ3) is 5.64. The van der Waals surface area contributed by atoms with Gasteiger partial charge in [-0.05, 0) is 63.8 Å². The van der Waals surface area contributed by atoms with Gasteiger partial charge in [-0.15, -0.1) is 12.4 Å². The van der Waals surface area contributed by atoms with Crippen LogP contribution >= 0.6 is 28.3 Å². The van der Waals surface area contributed by atoms with Crippen LogP contribution in [-0.2, 0) is 13.2 Å². The Morgan fingerprint density at radius 1 is 1.00 bits per heavy atom. The third-order valence-corrected chi connectivity index (χ3v) is 5.61. The van der Waals surface area contributed by atoms with Crippen molar-refractivity contribution >= 4 is 28.3 Å². The van der Waals surface area contributed by atoms with E-state index in [0.29, 0.717) is 24.7 Å². The zero-order valence-corrected chi connectivity index (χ0v) is 19.8. The topological polar surface area (TPSA) is 49.0 Å². The molecule has 1 heterocycles. The van der Waals surface area contributed by atoms with Crippen LogP contribution in [0.3, 0.4) is 0 Å². The summed E-state index contributed by atoms with van der Waals surface area (Å²) in [5.74, 6) is 2.87. The van der Waals surface area contributed by atoms with E-state index in [1.54, 1.807) is 7.11 Å². The summed E-state index contributed by atoms with van der Waals surface area (Å²) < 4.78 is 23.3. The van der Waals surface area contributed by atoms with Crippen molar-refractivity contribution in [1.82, 2.24) is 5.32 Å². The summed E-state index contributed by atoms with van der Waals surface area (Å²) in [5, 5.41) is 3.55. The summed E-state index contributed by atoms with van der Waals surface area (Å²) in [5.41, 5.74) is 3.36. The van der Waals surface area contributed by atoms with E-state index in [1.165, 1.54) is 5.56 Å². The summed E-state index contributed by atoms with van der Waals surface area (Å²) in [4.78, 5) is 0. The number of hydrogen-bond donors (Lipinski definition) is 1. The number of fused-ring (bicyclic) bond motifs is 1. The Morgan fingerprint density at radius 3 is 2.55 bits per heavy atom. The fourth-order valence-electron chi connectivity index (χ4n) is 3.33. The van der Waals surface area contributed by atoms with E-state index in [2.05, 4.69) is 58.5 Å². The van der Waals surface area contributed by atoms with Gasteiger partial charge in [0.25, 0.3) is 0 Å². The van der Waals surface area contributed by atoms with Crippen molar-refractivity contribution in [2.75, 3.05) is 13.9 Å². The number of nitrogens with one attached hydrogen (secondary N) is 1. The largest absolute Gasteiger partial charge is 0.493 e. The van der Waals surface area contributed by atoms with Crippen molar-refractivity contribution in [3.05, 3.63) is 81.8 Å². The van der Waals surface area contributed by atoms with Crippen molar-refractivity contribution in [2.45, 2.75) is 26.1 Å². The zero-order chi connectivity index (χ0) is 20.9. The van der Waals surface area contributed by atoms with Crippen LogP contribution < -0.4 is 24.3 Å². The quantitative estimate of drug-likeness (QED) is 0.404. The van der Waals surface area contributed by atoms with Crippen LogP contribution in [0.1, 0.15) is 29.7 Å². The van der Waals surface area contributed by atoms with Gasteiger partial charge in [0.2, 0.25) is 6.79 Å². The smallest absolute Gasteiger partial charge is 0.231 e. The fraction of sp³-hybridized carbons (Fsp3) is 0.250. The summed E-state index contributed by atoms with van der Waals surface area (Å²) in [6.07, 6.45) is 0. The number of rotatable bonds is 8. The molecule has 0 aliphatic carbocycles. The molecule has 0 radical (unpaired) electrons. The Bertz CT molecular complexity index is 1020. The van der Waals surface area contributed by atoms with E-state index in [0.717, 1.165) is 27.1 Å². The van der Waals surface area contributed by atoms with E-state index in [9.17, 15) is 0 Å². The normalized spacial score (nSPS) is 12.7. The van der Waals surface area contributed by atoms with Gasteiger partial charge < -0.3 is 24.3 Å². The molecule has 0 amide bonds. The van der Waals surface area contributed by atoms with E-state index in [-0.39, 0.29) is 25.2 Å². The van der Waals surface area contributed by atoms with Crippen molar-refractivity contribution in [2.24, 2.45) is 0 Å². The van der Waals surface area contributed by atoms with Crippen molar-refractivity contribution in [3.63, 3.8) is 0 Å². The first-order valence-electron chi connectivity index (χ1n) is 9.80. The first-order chi connectivity index (χ1) is 14.6. The minimum Gasteiger partial charge on any atom is -0.493 e. The van der Waals surface area contributed by atoms with Crippen LogP contribution in [-0.4, -0.2) is 13.9 Å². The van der Waals surface area contributed by atoms with Gasteiger partial charge in [0.15, 0.2) is 23.0 Å². The monoisotopic (exact) mass is 505 g/mol. The number of methoxy groups -OCH3 is 1. The number of ether oxygens (including phenoxy) is 4. The molecule has 0 aromatic heterocycles. The Hall–Kier alpha value is -2.41. The van der Waals surface area contributed by atoms with Crippen LogP contribution in [0.4, 0.5) is 0 Å². The lowest BCUT2D eigenvalue weighted by atomic mass is 10.1. The lowest BCUT2D eigenvalue weighted by Crippen LogP contribution is -2.18. The number of benzene rings is 3. The average molecular weight is 507 g/mol. The van der Waals surface area contributed by atoms with Crippen molar-refractivity contribution in [1.29, 1.82) is 0 Å². The van der Waals surface area contributed by atoms with Crippen molar-refractivity contribution in [3.8, 4) is 23.0 Å². The Kier molecular flexibility index (Phi) is 8.07. The van der Waals surface area contributed by atoms with Gasteiger partial charge in [-0.1, -0.05) is 36.4 Å². The lowest BCUT2D eigenvalue weighted by molar-refractivity contribution is 0.174. The Labute approximate surface area is 197 Å². The van der Waals surface area contributed by atoms with Crippen LogP contribution in [0, 0.1) is 0 Å². The highest BCUT2D eigenvalue weighted by molar-refractivity contribution is 9.10. The number of halogens is 2. The fourth-order valence-corrected chi connectivity index (χ4v) is 3.94. The Morgan fingerprint density at radius 2 is 1.77 bits per heavy atom. The number of hydrogen-bond acceptors (Lipinski definition) is 5. The maximum Gasteiger partial charge on any atom is 0.231 e. The molecule has 1 atom stereocenters. The molecule has 0 spiro atoms. The molecule has 1 aliphatic heterocycles. The molecule has 7 heteroatoms. The van der Waals surface area contributed by atoms with Gasteiger partial charge in [0.1, 0.15) is 6.61 Å². The molecule has 164 valence electrons. The van der Waals surface area contributed by atoms with Crippen molar-refractivity contribution < 1.29 is 18.9 Å². The first kappa shape index (κ1) is 23.3. The highest BCUT2D eigenvalue weighted by atomic mass is 79.9. The van der Waals surface area contributed by atoms with Gasteiger partial charge >= 0.3 is 0 Å². The molecule has 31 heavy (non-hydrogen) atoms. The van der Waals surface area contributed by atoms with Crippen LogP contribution in [0.15, 0.2) is 65.1 Å². The standard InChI is InChI=1S/C24H24BrNO4.ClH/c1-16(19-6-4-3-5-7-19)26-13-18-10-20(25)24(23(12-18)27-2)28-14-17-8-9-21-22(11-17)30-15-29-21;/h3-12,16,26H,13-15H2,1-2H3;1H. The minimum absolute atomic E-state index is 0. The molecule has 4 rings (SSSR count). The predicted octanol–water partition coefficient (Wildman–Crippen LogP) is 6.04. The molecular weight excluding hydrogens is 482 g/mol. The van der Waals surface area contributed by atoms with Gasteiger partial charge in [-0.3, -0.25) is 0 Å². The van der Waals surface area contributed by atoms with E-state index in [4.69, 9.17) is 18.9 Å². The van der Waals surface area contributed by atoms with Crippen LogP contribution in [0.2, 0.25) is 0 Å². The van der Waals surface area contributed by atoms with Crippen LogP contribution in [0.5, 0.6) is 23.0 Å². The van der Waals surface area contributed by atoms with Gasteiger partial charge in [-0.2, -0.15) is 0 Å². The highest BCUT2D eigenvalue weighted by Gasteiger charge is 2.16. The molecule has 1 unspecified atom stereocenters. The third-order valence-electron chi connectivity index (χ3n) is 5.02. The Balaban J connectivity index is 0.00000272. The SMILES string of the molecule is COc1cc(CNC(C)c2ccccc2)cc(Br)c1OCc1ccc2c(c1)OCO2.Cl. The van der Waals surface area contributed by atoms with E-state index in [1.807, 2.05) is 30.3 Å². The molecule has 3 aromatic rings. The maximum absolute atomic E-state index is 6.07. The summed E-state index contributed by atoms with van der Waals surface area (Å²) >= 11 is 3.64. The second kappa shape index (κ2) is 10.8.